The van der Waals surface area contributed by atoms with Crippen molar-refractivity contribution >= 4 is 27.5 Å². The predicted molar refractivity (Wildman–Crippen MR) is 85.7 cm³/mol. The van der Waals surface area contributed by atoms with Gasteiger partial charge in [0.15, 0.2) is 0 Å². The number of hydrogen-bond acceptors (Lipinski definition) is 3. The van der Waals surface area contributed by atoms with E-state index >= 15 is 0 Å². The Morgan fingerprint density at radius 3 is 2.95 bits per heavy atom. The van der Waals surface area contributed by atoms with E-state index in [1.165, 1.54) is 12.8 Å². The van der Waals surface area contributed by atoms with E-state index in [4.69, 9.17) is 21.1 Å². The minimum atomic E-state index is 0.212. The molecule has 0 aliphatic carbocycles. The average Bonchev–Trinajstić information content (AvgIpc) is 2.92. The van der Waals surface area contributed by atoms with Crippen LogP contribution >= 0.6 is 27.5 Å². The van der Waals surface area contributed by atoms with Crippen LogP contribution in [-0.2, 0) is 4.74 Å². The van der Waals surface area contributed by atoms with Gasteiger partial charge >= 0.3 is 0 Å². The molecule has 2 unspecified atom stereocenters. The standard InChI is InChI=1S/C15H21BrClNO2/c1-18-14(6-5-11-4-3-7-20-11)12-8-10(17)9-13(16)15(12)19-2/h8-9,11,14,18H,3-7H2,1-2H3. The molecule has 3 nitrogen and oxygen atoms in total. The van der Waals surface area contributed by atoms with Crippen LogP contribution in [0.15, 0.2) is 16.6 Å². The van der Waals surface area contributed by atoms with Crippen molar-refractivity contribution in [2.24, 2.45) is 0 Å². The molecule has 5 heteroatoms. The van der Waals surface area contributed by atoms with Gasteiger partial charge in [0.25, 0.3) is 0 Å². The summed E-state index contributed by atoms with van der Waals surface area (Å²) in [6.45, 7) is 0.904. The Morgan fingerprint density at radius 2 is 2.35 bits per heavy atom. The van der Waals surface area contributed by atoms with E-state index in [9.17, 15) is 0 Å². The highest BCUT2D eigenvalue weighted by molar-refractivity contribution is 9.10. The number of ether oxygens (including phenoxy) is 2. The Bertz CT molecular complexity index is 450. The van der Waals surface area contributed by atoms with Crippen LogP contribution in [0.2, 0.25) is 5.02 Å². The summed E-state index contributed by atoms with van der Waals surface area (Å²) < 4.78 is 12.1. The van der Waals surface area contributed by atoms with Gasteiger partial charge in [-0.05, 0) is 60.8 Å². The molecule has 0 saturated carbocycles. The van der Waals surface area contributed by atoms with Gasteiger partial charge in [-0.15, -0.1) is 0 Å². The molecule has 0 aromatic heterocycles. The number of rotatable bonds is 6. The molecule has 2 rings (SSSR count). The fourth-order valence-electron chi connectivity index (χ4n) is 2.73. The molecule has 112 valence electrons. The van der Waals surface area contributed by atoms with Crippen LogP contribution in [0.5, 0.6) is 5.75 Å². The fourth-order valence-corrected chi connectivity index (χ4v) is 3.73. The fraction of sp³-hybridized carbons (Fsp3) is 0.600. The van der Waals surface area contributed by atoms with Crippen LogP contribution in [-0.4, -0.2) is 26.9 Å². The smallest absolute Gasteiger partial charge is 0.137 e. The molecule has 1 fully saturated rings. The maximum Gasteiger partial charge on any atom is 0.137 e. The molecule has 1 heterocycles. The summed E-state index contributed by atoms with van der Waals surface area (Å²) in [6.07, 6.45) is 4.82. The Kier molecular flexibility index (Phi) is 6.15. The van der Waals surface area contributed by atoms with Crippen molar-refractivity contribution in [1.29, 1.82) is 0 Å². The number of nitrogens with one attached hydrogen (secondary N) is 1. The first-order valence-corrected chi connectivity index (χ1v) is 8.14. The highest BCUT2D eigenvalue weighted by Gasteiger charge is 2.21. The molecule has 1 aliphatic rings. The number of halogens is 2. The van der Waals surface area contributed by atoms with Crippen molar-refractivity contribution in [1.82, 2.24) is 5.32 Å². The van der Waals surface area contributed by atoms with Crippen molar-refractivity contribution in [2.45, 2.75) is 37.8 Å². The van der Waals surface area contributed by atoms with Gasteiger partial charge in [0.05, 0.1) is 17.7 Å². The third kappa shape index (κ3) is 3.88. The Labute approximate surface area is 134 Å². The van der Waals surface area contributed by atoms with Crippen molar-refractivity contribution in [3.63, 3.8) is 0 Å². The van der Waals surface area contributed by atoms with Crippen LogP contribution in [0.3, 0.4) is 0 Å². The van der Waals surface area contributed by atoms with Crippen LogP contribution in [0.4, 0.5) is 0 Å². The summed E-state index contributed by atoms with van der Waals surface area (Å²) in [5.74, 6) is 0.848. The van der Waals surface area contributed by atoms with Crippen molar-refractivity contribution in [2.75, 3.05) is 20.8 Å². The minimum Gasteiger partial charge on any atom is -0.495 e. The van der Waals surface area contributed by atoms with Crippen molar-refractivity contribution in [3.8, 4) is 5.75 Å². The second kappa shape index (κ2) is 7.64. The monoisotopic (exact) mass is 361 g/mol. The van der Waals surface area contributed by atoms with Crippen LogP contribution < -0.4 is 10.1 Å². The normalized spacial score (nSPS) is 20.1. The topological polar surface area (TPSA) is 30.5 Å². The van der Waals surface area contributed by atoms with Crippen LogP contribution in [0.25, 0.3) is 0 Å². The van der Waals surface area contributed by atoms with E-state index in [0.717, 1.165) is 35.2 Å². The van der Waals surface area contributed by atoms with E-state index in [-0.39, 0.29) is 6.04 Å². The zero-order chi connectivity index (χ0) is 14.5. The third-order valence-corrected chi connectivity index (χ3v) is 4.57. The molecule has 1 N–H and O–H groups in total. The summed E-state index contributed by atoms with van der Waals surface area (Å²) in [5.41, 5.74) is 1.09. The van der Waals surface area contributed by atoms with Gasteiger partial charge in [-0.3, -0.25) is 0 Å². The first kappa shape index (κ1) is 16.1. The SMILES string of the molecule is CNC(CCC1CCCO1)c1cc(Cl)cc(Br)c1OC. The second-order valence-corrected chi connectivity index (χ2v) is 6.35. The van der Waals surface area contributed by atoms with Crippen LogP contribution in [0.1, 0.15) is 37.3 Å². The molecule has 20 heavy (non-hydrogen) atoms. The van der Waals surface area contributed by atoms with Gasteiger partial charge in [-0.1, -0.05) is 11.6 Å². The van der Waals surface area contributed by atoms with Crippen molar-refractivity contribution < 1.29 is 9.47 Å². The van der Waals surface area contributed by atoms with E-state index < -0.39 is 0 Å². The lowest BCUT2D eigenvalue weighted by molar-refractivity contribution is 0.0997. The quantitative estimate of drug-likeness (QED) is 0.817. The lowest BCUT2D eigenvalue weighted by Crippen LogP contribution is -2.19. The van der Waals surface area contributed by atoms with Crippen molar-refractivity contribution in [3.05, 3.63) is 27.2 Å². The molecule has 1 saturated heterocycles. The lowest BCUT2D eigenvalue weighted by atomic mass is 9.98. The average molecular weight is 363 g/mol. The molecule has 0 bridgehead atoms. The van der Waals surface area contributed by atoms with Gasteiger partial charge in [0.2, 0.25) is 0 Å². The molecule has 1 aromatic carbocycles. The zero-order valence-corrected chi connectivity index (χ0v) is 14.3. The molecule has 0 spiro atoms. The first-order chi connectivity index (χ1) is 9.65. The molecule has 2 atom stereocenters. The molecule has 0 radical (unpaired) electrons. The Hall–Kier alpha value is -0.290. The molecular weight excluding hydrogens is 342 g/mol. The van der Waals surface area contributed by atoms with E-state index in [2.05, 4.69) is 21.2 Å². The number of hydrogen-bond donors (Lipinski definition) is 1. The zero-order valence-electron chi connectivity index (χ0n) is 11.9. The summed E-state index contributed by atoms with van der Waals surface area (Å²) >= 11 is 9.68. The Morgan fingerprint density at radius 1 is 1.55 bits per heavy atom. The largest absolute Gasteiger partial charge is 0.495 e. The number of benzene rings is 1. The highest BCUT2D eigenvalue weighted by atomic mass is 79.9. The lowest BCUT2D eigenvalue weighted by Gasteiger charge is -2.22. The van der Waals surface area contributed by atoms with E-state index in [1.54, 1.807) is 7.11 Å². The van der Waals surface area contributed by atoms with Gasteiger partial charge in [-0.25, -0.2) is 0 Å². The van der Waals surface area contributed by atoms with Crippen LogP contribution in [0, 0.1) is 0 Å². The maximum absolute atomic E-state index is 6.17. The minimum absolute atomic E-state index is 0.212. The molecule has 0 amide bonds. The molecule has 1 aliphatic heterocycles. The summed E-state index contributed by atoms with van der Waals surface area (Å²) in [4.78, 5) is 0. The van der Waals surface area contributed by atoms with Gasteiger partial charge in [0.1, 0.15) is 5.75 Å². The second-order valence-electron chi connectivity index (χ2n) is 5.06. The van der Waals surface area contributed by atoms with Gasteiger partial charge < -0.3 is 14.8 Å². The number of methoxy groups -OCH3 is 1. The third-order valence-electron chi connectivity index (χ3n) is 3.77. The van der Waals surface area contributed by atoms with E-state index in [1.807, 2.05) is 19.2 Å². The van der Waals surface area contributed by atoms with Gasteiger partial charge in [0, 0.05) is 23.2 Å². The summed E-state index contributed by atoms with van der Waals surface area (Å²) in [5, 5.41) is 4.07. The maximum atomic E-state index is 6.17. The summed E-state index contributed by atoms with van der Waals surface area (Å²) in [7, 11) is 3.65. The summed E-state index contributed by atoms with van der Waals surface area (Å²) in [6, 6.07) is 4.04. The predicted octanol–water partition coefficient (Wildman–Crippen LogP) is 4.33. The Balaban J connectivity index is 2.13. The first-order valence-electron chi connectivity index (χ1n) is 6.97. The van der Waals surface area contributed by atoms with Gasteiger partial charge in [-0.2, -0.15) is 0 Å². The molecule has 1 aromatic rings. The van der Waals surface area contributed by atoms with E-state index in [0.29, 0.717) is 11.1 Å². The molecular formula is C15H21BrClNO2. The highest BCUT2D eigenvalue weighted by Crippen LogP contribution is 2.37.